The summed E-state index contributed by atoms with van der Waals surface area (Å²) in [7, 11) is -2.00. The topological polar surface area (TPSA) is 79.7 Å². The summed E-state index contributed by atoms with van der Waals surface area (Å²) in [6.45, 7) is 3.97. The van der Waals surface area contributed by atoms with Gasteiger partial charge < -0.3 is 18.4 Å². The lowest BCUT2D eigenvalue weighted by Gasteiger charge is -2.18. The van der Waals surface area contributed by atoms with E-state index in [1.807, 2.05) is 0 Å². The van der Waals surface area contributed by atoms with Crippen molar-refractivity contribution in [2.24, 2.45) is 0 Å². The molecule has 18 heavy (non-hydrogen) atoms. The monoisotopic (exact) mass is 276 g/mol. The van der Waals surface area contributed by atoms with Gasteiger partial charge in [0.15, 0.2) is 0 Å². The standard InChI is InChI=1S/C10H17N2O5P/c1-4-16-18(14,17-5-2)8-12-7-11-6-9(12)10(13)15-3/h6-7H,4-5,8H2,1-3H3. The molecule has 0 aliphatic heterocycles. The van der Waals surface area contributed by atoms with E-state index < -0.39 is 13.6 Å². The van der Waals surface area contributed by atoms with Crippen LogP contribution in [0.5, 0.6) is 0 Å². The van der Waals surface area contributed by atoms with Crippen LogP contribution in [0, 0.1) is 0 Å². The molecule has 0 aliphatic carbocycles. The predicted molar refractivity (Wildman–Crippen MR) is 64.4 cm³/mol. The van der Waals surface area contributed by atoms with E-state index in [1.54, 1.807) is 13.8 Å². The summed E-state index contributed by atoms with van der Waals surface area (Å²) in [6.07, 6.45) is 2.66. The maximum absolute atomic E-state index is 12.3. The quantitative estimate of drug-likeness (QED) is 0.559. The van der Waals surface area contributed by atoms with Crippen LogP contribution in [0.4, 0.5) is 0 Å². The molecule has 0 bridgehead atoms. The molecule has 0 aromatic carbocycles. The fraction of sp³-hybridized carbons (Fsp3) is 0.600. The van der Waals surface area contributed by atoms with E-state index in [2.05, 4.69) is 9.72 Å². The zero-order valence-corrected chi connectivity index (χ0v) is 11.6. The van der Waals surface area contributed by atoms with Crippen molar-refractivity contribution in [3.8, 4) is 0 Å². The predicted octanol–water partition coefficient (Wildman–Crippen LogP) is 1.89. The highest BCUT2D eigenvalue weighted by molar-refractivity contribution is 7.52. The fourth-order valence-electron chi connectivity index (χ4n) is 1.41. The summed E-state index contributed by atoms with van der Waals surface area (Å²) in [4.78, 5) is 15.3. The van der Waals surface area contributed by atoms with E-state index in [1.165, 1.54) is 24.2 Å². The van der Waals surface area contributed by atoms with Crippen molar-refractivity contribution in [1.29, 1.82) is 0 Å². The van der Waals surface area contributed by atoms with Gasteiger partial charge in [0.05, 0.1) is 32.8 Å². The molecular weight excluding hydrogens is 259 g/mol. The minimum atomic E-state index is -3.27. The Labute approximate surface area is 106 Å². The van der Waals surface area contributed by atoms with Crippen molar-refractivity contribution in [3.63, 3.8) is 0 Å². The number of ether oxygens (including phenoxy) is 1. The third-order valence-electron chi connectivity index (χ3n) is 2.08. The number of methoxy groups -OCH3 is 1. The smallest absolute Gasteiger partial charge is 0.356 e. The van der Waals surface area contributed by atoms with Gasteiger partial charge in [-0.1, -0.05) is 0 Å². The maximum Gasteiger partial charge on any atom is 0.356 e. The van der Waals surface area contributed by atoms with Crippen LogP contribution in [-0.2, 0) is 24.6 Å². The zero-order chi connectivity index (χ0) is 13.6. The van der Waals surface area contributed by atoms with Gasteiger partial charge in [-0.2, -0.15) is 0 Å². The highest BCUT2D eigenvalue weighted by Gasteiger charge is 2.26. The van der Waals surface area contributed by atoms with Crippen LogP contribution in [-0.4, -0.2) is 35.8 Å². The molecule has 0 aliphatic rings. The molecule has 1 rings (SSSR count). The SMILES string of the molecule is CCOP(=O)(Cn1cncc1C(=O)OC)OCC. The van der Waals surface area contributed by atoms with Crippen molar-refractivity contribution in [2.45, 2.75) is 20.1 Å². The summed E-state index contributed by atoms with van der Waals surface area (Å²) < 4.78 is 28.6. The van der Waals surface area contributed by atoms with Gasteiger partial charge in [0, 0.05) is 0 Å². The number of carbonyl (C=O) groups is 1. The van der Waals surface area contributed by atoms with Crippen molar-refractivity contribution in [2.75, 3.05) is 20.3 Å². The summed E-state index contributed by atoms with van der Waals surface area (Å²) >= 11 is 0. The fourth-order valence-corrected chi connectivity index (χ4v) is 3.03. The van der Waals surface area contributed by atoms with Crippen molar-refractivity contribution in [3.05, 3.63) is 18.2 Å². The molecule has 0 saturated heterocycles. The van der Waals surface area contributed by atoms with Crippen LogP contribution in [0.2, 0.25) is 0 Å². The number of aromatic nitrogens is 2. The summed E-state index contributed by atoms with van der Waals surface area (Å²) in [5.41, 5.74) is 0.206. The Hall–Kier alpha value is -1.17. The molecule has 0 saturated carbocycles. The zero-order valence-electron chi connectivity index (χ0n) is 10.7. The average molecular weight is 276 g/mol. The normalized spacial score (nSPS) is 11.5. The number of rotatable bonds is 7. The number of hydrogen-bond acceptors (Lipinski definition) is 6. The first-order chi connectivity index (χ1) is 8.56. The molecule has 0 spiro atoms. The molecule has 7 nitrogen and oxygen atoms in total. The molecule has 0 fully saturated rings. The molecule has 1 heterocycles. The average Bonchev–Trinajstić information content (AvgIpc) is 2.76. The summed E-state index contributed by atoms with van der Waals surface area (Å²) in [5, 5.41) is 0. The van der Waals surface area contributed by atoms with Crippen molar-refractivity contribution < 1.29 is 23.1 Å². The van der Waals surface area contributed by atoms with E-state index in [9.17, 15) is 9.36 Å². The summed E-state index contributed by atoms with van der Waals surface area (Å²) in [6, 6.07) is 0. The first-order valence-electron chi connectivity index (χ1n) is 5.53. The number of imidazole rings is 1. The van der Waals surface area contributed by atoms with Crippen LogP contribution in [0.25, 0.3) is 0 Å². The number of nitrogens with zero attached hydrogens (tertiary/aromatic N) is 2. The minimum absolute atomic E-state index is 0.0703. The van der Waals surface area contributed by atoms with Crippen molar-refractivity contribution >= 4 is 13.6 Å². The van der Waals surface area contributed by atoms with Gasteiger partial charge in [0.25, 0.3) is 0 Å². The minimum Gasteiger partial charge on any atom is -0.464 e. The van der Waals surface area contributed by atoms with Crippen LogP contribution in [0.1, 0.15) is 24.3 Å². The second kappa shape index (κ2) is 6.68. The largest absolute Gasteiger partial charge is 0.464 e. The van der Waals surface area contributed by atoms with E-state index in [0.29, 0.717) is 0 Å². The molecule has 1 aromatic heterocycles. The lowest BCUT2D eigenvalue weighted by Crippen LogP contribution is -2.12. The van der Waals surface area contributed by atoms with Gasteiger partial charge in [-0.05, 0) is 13.8 Å². The van der Waals surface area contributed by atoms with Gasteiger partial charge in [-0.25, -0.2) is 9.78 Å². The second-order valence-electron chi connectivity index (χ2n) is 3.33. The van der Waals surface area contributed by atoms with Crippen LogP contribution in [0.15, 0.2) is 12.5 Å². The lowest BCUT2D eigenvalue weighted by atomic mass is 10.5. The van der Waals surface area contributed by atoms with Gasteiger partial charge in [0.2, 0.25) is 0 Å². The highest BCUT2D eigenvalue weighted by Crippen LogP contribution is 2.49. The molecule has 0 unspecified atom stereocenters. The molecule has 1 aromatic rings. The van der Waals surface area contributed by atoms with Gasteiger partial charge in [-0.3, -0.25) is 4.57 Å². The highest BCUT2D eigenvalue weighted by atomic mass is 31.2. The van der Waals surface area contributed by atoms with Crippen LogP contribution < -0.4 is 0 Å². The Kier molecular flexibility index (Phi) is 5.53. The summed E-state index contributed by atoms with van der Waals surface area (Å²) in [5.74, 6) is -0.549. The Morgan fingerprint density at radius 3 is 2.50 bits per heavy atom. The Balaban J connectivity index is 2.91. The lowest BCUT2D eigenvalue weighted by molar-refractivity contribution is 0.0589. The van der Waals surface area contributed by atoms with Gasteiger partial charge in [0.1, 0.15) is 12.0 Å². The van der Waals surface area contributed by atoms with E-state index in [0.717, 1.165) is 0 Å². The number of hydrogen-bond donors (Lipinski definition) is 0. The maximum atomic E-state index is 12.3. The number of carbonyl (C=O) groups excluding carboxylic acids is 1. The molecule has 0 radical (unpaired) electrons. The first-order valence-corrected chi connectivity index (χ1v) is 7.25. The number of esters is 1. The van der Waals surface area contributed by atoms with E-state index in [-0.39, 0.29) is 25.2 Å². The molecule has 0 atom stereocenters. The third kappa shape index (κ3) is 3.66. The first kappa shape index (κ1) is 14.9. The Morgan fingerprint density at radius 1 is 1.39 bits per heavy atom. The van der Waals surface area contributed by atoms with Gasteiger partial charge in [-0.15, -0.1) is 0 Å². The van der Waals surface area contributed by atoms with Crippen LogP contribution in [0.3, 0.4) is 0 Å². The molecule has 8 heteroatoms. The van der Waals surface area contributed by atoms with E-state index >= 15 is 0 Å². The Morgan fingerprint density at radius 2 is 2.00 bits per heavy atom. The molecule has 0 amide bonds. The van der Waals surface area contributed by atoms with E-state index in [4.69, 9.17) is 9.05 Å². The third-order valence-corrected chi connectivity index (χ3v) is 4.04. The molecule has 102 valence electrons. The van der Waals surface area contributed by atoms with Crippen molar-refractivity contribution in [1.82, 2.24) is 9.55 Å². The molecular formula is C10H17N2O5P. The van der Waals surface area contributed by atoms with Gasteiger partial charge >= 0.3 is 13.6 Å². The molecule has 0 N–H and O–H groups in total. The van der Waals surface area contributed by atoms with Crippen LogP contribution >= 0.6 is 7.60 Å². The Bertz CT molecular complexity index is 435. The second-order valence-corrected chi connectivity index (χ2v) is 5.35.